The Balaban J connectivity index is 1.67. The third-order valence-electron chi connectivity index (χ3n) is 4.25. The number of piperidine rings is 1. The molecule has 1 aliphatic heterocycles. The van der Waals surface area contributed by atoms with Gasteiger partial charge in [0, 0.05) is 12.4 Å². The van der Waals surface area contributed by atoms with Crippen molar-refractivity contribution in [1.82, 2.24) is 4.90 Å². The first-order valence-electron chi connectivity index (χ1n) is 7.82. The van der Waals surface area contributed by atoms with Crippen LogP contribution in [0.3, 0.4) is 0 Å². The lowest BCUT2D eigenvalue weighted by molar-refractivity contribution is 0.221. The molecule has 1 saturated heterocycles. The molecule has 3 rings (SSSR count). The zero-order chi connectivity index (χ0) is 14.5. The molecular weight excluding hydrogens is 278 g/mol. The van der Waals surface area contributed by atoms with Crippen molar-refractivity contribution < 1.29 is 0 Å². The van der Waals surface area contributed by atoms with Crippen molar-refractivity contribution in [3.05, 3.63) is 59.7 Å². The molecule has 2 heteroatoms. The fourth-order valence-electron chi connectivity index (χ4n) is 2.96. The van der Waals surface area contributed by atoms with Crippen LogP contribution in [0, 0.1) is 0 Å². The minimum absolute atomic E-state index is 0.578. The lowest BCUT2D eigenvalue weighted by Gasteiger charge is -2.26. The lowest BCUT2D eigenvalue weighted by Crippen LogP contribution is -2.28. The van der Waals surface area contributed by atoms with Crippen molar-refractivity contribution >= 4 is 11.6 Å². The molecule has 1 heterocycles. The van der Waals surface area contributed by atoms with Crippen LogP contribution in [-0.4, -0.2) is 18.0 Å². The summed E-state index contributed by atoms with van der Waals surface area (Å²) in [6, 6.07) is 17.5. The predicted molar refractivity (Wildman–Crippen MR) is 90.6 cm³/mol. The summed E-state index contributed by atoms with van der Waals surface area (Å²) >= 11 is 5.83. The number of halogens is 1. The molecule has 0 N–H and O–H groups in total. The van der Waals surface area contributed by atoms with Gasteiger partial charge < -0.3 is 0 Å². The molecule has 1 aliphatic rings. The summed E-state index contributed by atoms with van der Waals surface area (Å²) in [6.45, 7) is 3.59. The first-order valence-corrected chi connectivity index (χ1v) is 8.35. The molecule has 0 atom stereocenters. The molecule has 0 amide bonds. The van der Waals surface area contributed by atoms with E-state index in [1.165, 1.54) is 54.6 Å². The molecule has 1 fully saturated rings. The molecule has 0 aromatic heterocycles. The molecule has 0 unspecified atom stereocenters. The van der Waals surface area contributed by atoms with E-state index >= 15 is 0 Å². The second-order valence-electron chi connectivity index (χ2n) is 5.86. The van der Waals surface area contributed by atoms with Crippen molar-refractivity contribution in [3.63, 3.8) is 0 Å². The number of hydrogen-bond donors (Lipinski definition) is 0. The van der Waals surface area contributed by atoms with Crippen LogP contribution in [0.2, 0.25) is 0 Å². The van der Waals surface area contributed by atoms with Gasteiger partial charge in [-0.2, -0.15) is 0 Å². The van der Waals surface area contributed by atoms with E-state index in [0.717, 1.165) is 6.54 Å². The number of hydrogen-bond acceptors (Lipinski definition) is 1. The maximum atomic E-state index is 5.83. The smallest absolute Gasteiger partial charge is 0.0474 e. The third-order valence-corrected chi connectivity index (χ3v) is 4.56. The number of rotatable bonds is 4. The topological polar surface area (TPSA) is 3.24 Å². The Kier molecular flexibility index (Phi) is 4.95. The van der Waals surface area contributed by atoms with Gasteiger partial charge in [-0.15, -0.1) is 11.6 Å². The standard InChI is InChI=1S/C19H22ClN/c20-14-16-4-8-18(9-5-16)19-10-6-17(7-11-19)15-21-12-2-1-3-13-21/h4-11H,1-3,12-15H2. The van der Waals surface area contributed by atoms with Gasteiger partial charge in [-0.05, 0) is 48.2 Å². The summed E-state index contributed by atoms with van der Waals surface area (Å²) in [7, 11) is 0. The monoisotopic (exact) mass is 299 g/mol. The zero-order valence-electron chi connectivity index (χ0n) is 12.4. The minimum Gasteiger partial charge on any atom is -0.299 e. The molecule has 0 bridgehead atoms. The fraction of sp³-hybridized carbons (Fsp3) is 0.368. The molecule has 2 aromatic carbocycles. The normalized spacial score (nSPS) is 16.0. The van der Waals surface area contributed by atoms with Gasteiger partial charge >= 0.3 is 0 Å². The molecular formula is C19H22ClN. The molecule has 2 aromatic rings. The van der Waals surface area contributed by atoms with Crippen molar-refractivity contribution in [2.75, 3.05) is 13.1 Å². The van der Waals surface area contributed by atoms with Crippen molar-refractivity contribution in [2.45, 2.75) is 31.7 Å². The van der Waals surface area contributed by atoms with Gasteiger partial charge in [0.25, 0.3) is 0 Å². The van der Waals surface area contributed by atoms with Gasteiger partial charge in [0.2, 0.25) is 0 Å². The minimum atomic E-state index is 0.578. The number of nitrogens with zero attached hydrogens (tertiary/aromatic N) is 1. The summed E-state index contributed by atoms with van der Waals surface area (Å²) in [5.74, 6) is 0.578. The summed E-state index contributed by atoms with van der Waals surface area (Å²) in [6.07, 6.45) is 4.10. The van der Waals surface area contributed by atoms with Crippen LogP contribution in [0.25, 0.3) is 11.1 Å². The highest BCUT2D eigenvalue weighted by atomic mass is 35.5. The Hall–Kier alpha value is -1.31. The van der Waals surface area contributed by atoms with Gasteiger partial charge in [0.15, 0.2) is 0 Å². The van der Waals surface area contributed by atoms with E-state index in [9.17, 15) is 0 Å². The van der Waals surface area contributed by atoms with Gasteiger partial charge in [-0.3, -0.25) is 4.90 Å². The maximum absolute atomic E-state index is 5.83. The van der Waals surface area contributed by atoms with Crippen LogP contribution in [0.5, 0.6) is 0 Å². The molecule has 110 valence electrons. The van der Waals surface area contributed by atoms with Crippen LogP contribution in [0.1, 0.15) is 30.4 Å². The molecule has 0 spiro atoms. The SMILES string of the molecule is ClCc1ccc(-c2ccc(CN3CCCCC3)cc2)cc1. The van der Waals surface area contributed by atoms with E-state index < -0.39 is 0 Å². The second-order valence-corrected chi connectivity index (χ2v) is 6.13. The zero-order valence-corrected chi connectivity index (χ0v) is 13.1. The summed E-state index contributed by atoms with van der Waals surface area (Å²) in [4.78, 5) is 2.56. The lowest BCUT2D eigenvalue weighted by atomic mass is 10.0. The van der Waals surface area contributed by atoms with Gasteiger partial charge in [-0.1, -0.05) is 55.0 Å². The Bertz CT molecular complexity index is 553. The quantitative estimate of drug-likeness (QED) is 0.712. The van der Waals surface area contributed by atoms with Crippen molar-refractivity contribution in [1.29, 1.82) is 0 Å². The van der Waals surface area contributed by atoms with Crippen LogP contribution < -0.4 is 0 Å². The van der Waals surface area contributed by atoms with E-state index in [1.807, 2.05) is 0 Å². The largest absolute Gasteiger partial charge is 0.299 e. The third kappa shape index (κ3) is 3.87. The van der Waals surface area contributed by atoms with E-state index in [1.54, 1.807) is 0 Å². The average molecular weight is 300 g/mol. The van der Waals surface area contributed by atoms with E-state index in [4.69, 9.17) is 11.6 Å². The number of likely N-dealkylation sites (tertiary alicyclic amines) is 1. The van der Waals surface area contributed by atoms with Crippen LogP contribution in [0.15, 0.2) is 48.5 Å². The highest BCUT2D eigenvalue weighted by Crippen LogP contribution is 2.22. The molecule has 1 nitrogen and oxygen atoms in total. The Labute approximate surface area is 132 Å². The second kappa shape index (κ2) is 7.11. The van der Waals surface area contributed by atoms with Gasteiger partial charge in [0.05, 0.1) is 0 Å². The molecule has 0 aliphatic carbocycles. The highest BCUT2D eigenvalue weighted by molar-refractivity contribution is 6.17. The van der Waals surface area contributed by atoms with Crippen molar-refractivity contribution in [3.8, 4) is 11.1 Å². The Morgan fingerprint density at radius 1 is 0.714 bits per heavy atom. The molecule has 0 saturated carbocycles. The van der Waals surface area contributed by atoms with E-state index in [2.05, 4.69) is 53.4 Å². The van der Waals surface area contributed by atoms with Gasteiger partial charge in [0.1, 0.15) is 0 Å². The van der Waals surface area contributed by atoms with Gasteiger partial charge in [-0.25, -0.2) is 0 Å². The highest BCUT2D eigenvalue weighted by Gasteiger charge is 2.10. The van der Waals surface area contributed by atoms with Crippen LogP contribution >= 0.6 is 11.6 Å². The number of benzene rings is 2. The van der Waals surface area contributed by atoms with Crippen LogP contribution in [-0.2, 0) is 12.4 Å². The first kappa shape index (κ1) is 14.6. The maximum Gasteiger partial charge on any atom is 0.0474 e. The predicted octanol–water partition coefficient (Wildman–Crippen LogP) is 5.08. The fourth-order valence-corrected chi connectivity index (χ4v) is 3.14. The average Bonchev–Trinajstić information content (AvgIpc) is 2.57. The molecule has 21 heavy (non-hydrogen) atoms. The Morgan fingerprint density at radius 2 is 1.24 bits per heavy atom. The van der Waals surface area contributed by atoms with E-state index in [-0.39, 0.29) is 0 Å². The summed E-state index contributed by atoms with van der Waals surface area (Å²) < 4.78 is 0. The number of alkyl halides is 1. The summed E-state index contributed by atoms with van der Waals surface area (Å²) in [5.41, 5.74) is 5.12. The first-order chi connectivity index (χ1) is 10.3. The summed E-state index contributed by atoms with van der Waals surface area (Å²) in [5, 5.41) is 0. The van der Waals surface area contributed by atoms with Crippen LogP contribution in [0.4, 0.5) is 0 Å². The van der Waals surface area contributed by atoms with E-state index in [0.29, 0.717) is 5.88 Å². The Morgan fingerprint density at radius 3 is 1.76 bits per heavy atom. The molecule has 0 radical (unpaired) electrons. The van der Waals surface area contributed by atoms with Crippen molar-refractivity contribution in [2.24, 2.45) is 0 Å².